The van der Waals surface area contributed by atoms with Crippen molar-refractivity contribution >= 4 is 50.1 Å². The maximum Gasteiger partial charge on any atom is 0.416 e. The Morgan fingerprint density at radius 3 is 2.35 bits per heavy atom. The molecule has 0 aliphatic heterocycles. The Balaban J connectivity index is 1.91. The number of alkyl halides is 3. The van der Waals surface area contributed by atoms with Crippen LogP contribution in [0.25, 0.3) is 0 Å². The Hall–Kier alpha value is -1.09. The zero-order chi connectivity index (χ0) is 17.0. The molecule has 0 spiro atoms. The molecule has 0 atom stereocenters. The van der Waals surface area contributed by atoms with E-state index in [2.05, 4.69) is 43.8 Å². The molecule has 2 aromatic carbocycles. The Labute approximate surface area is 153 Å². The summed E-state index contributed by atoms with van der Waals surface area (Å²) < 4.78 is 39.2. The minimum Gasteiger partial charge on any atom is -0.325 e. The van der Waals surface area contributed by atoms with Gasteiger partial charge in [-0.1, -0.05) is 28.1 Å². The third kappa shape index (κ3) is 5.49. The fourth-order valence-corrected chi connectivity index (χ4v) is 3.36. The van der Waals surface area contributed by atoms with Gasteiger partial charge in [-0.25, -0.2) is 0 Å². The van der Waals surface area contributed by atoms with Gasteiger partial charge in [0.1, 0.15) is 0 Å². The van der Waals surface area contributed by atoms with Crippen LogP contribution >= 0.6 is 38.5 Å². The van der Waals surface area contributed by atoms with Gasteiger partial charge in [-0.2, -0.15) is 13.2 Å². The van der Waals surface area contributed by atoms with E-state index in [0.29, 0.717) is 17.7 Å². The number of amides is 1. The van der Waals surface area contributed by atoms with E-state index in [0.717, 1.165) is 20.2 Å². The normalized spacial score (nSPS) is 11.3. The van der Waals surface area contributed by atoms with Crippen LogP contribution in [0.15, 0.2) is 46.9 Å². The van der Waals surface area contributed by atoms with Crippen LogP contribution in [-0.4, -0.2) is 5.91 Å². The molecule has 0 saturated heterocycles. The van der Waals surface area contributed by atoms with Gasteiger partial charge in [0.25, 0.3) is 0 Å². The second-order valence-corrected chi connectivity index (χ2v) is 6.94. The van der Waals surface area contributed by atoms with Gasteiger partial charge >= 0.3 is 6.18 Å². The molecule has 2 rings (SSSR count). The van der Waals surface area contributed by atoms with Crippen molar-refractivity contribution in [3.05, 3.63) is 61.6 Å². The fourth-order valence-electron chi connectivity index (χ4n) is 1.92. The molecule has 0 bridgehead atoms. The zero-order valence-electron chi connectivity index (χ0n) is 11.8. The standard InChI is InChI=1S/C16H12BrF3INO/c17-12-6-7-14(13(21)9-12)22-15(23)8-3-10-1-4-11(5-2-10)16(18,19)20/h1-2,4-7,9H,3,8H2,(H,22,23). The summed E-state index contributed by atoms with van der Waals surface area (Å²) in [6.45, 7) is 0. The minimum atomic E-state index is -4.34. The number of halogens is 5. The number of nitrogens with one attached hydrogen (secondary N) is 1. The highest BCUT2D eigenvalue weighted by molar-refractivity contribution is 14.1. The van der Waals surface area contributed by atoms with Crippen molar-refractivity contribution in [2.75, 3.05) is 5.32 Å². The van der Waals surface area contributed by atoms with Crippen LogP contribution in [0.1, 0.15) is 17.5 Å². The van der Waals surface area contributed by atoms with Gasteiger partial charge in [-0.15, -0.1) is 0 Å². The quantitative estimate of drug-likeness (QED) is 0.544. The van der Waals surface area contributed by atoms with Crippen LogP contribution < -0.4 is 5.32 Å². The molecule has 122 valence electrons. The third-order valence-electron chi connectivity index (χ3n) is 3.13. The fraction of sp³-hybridized carbons (Fsp3) is 0.188. The molecule has 0 aliphatic rings. The molecule has 2 aromatic rings. The van der Waals surface area contributed by atoms with E-state index in [1.54, 1.807) is 6.07 Å². The Kier molecular flexibility index (Phi) is 6.07. The number of rotatable bonds is 4. The van der Waals surface area contributed by atoms with E-state index in [9.17, 15) is 18.0 Å². The first kappa shape index (κ1) is 18.3. The van der Waals surface area contributed by atoms with E-state index in [-0.39, 0.29) is 12.3 Å². The first-order chi connectivity index (χ1) is 10.8. The summed E-state index contributed by atoms with van der Waals surface area (Å²) in [5.41, 5.74) is 0.722. The molecule has 1 N–H and O–H groups in total. The van der Waals surface area contributed by atoms with E-state index in [1.165, 1.54) is 12.1 Å². The van der Waals surface area contributed by atoms with Crippen LogP contribution in [0, 0.1) is 3.57 Å². The predicted octanol–water partition coefficient (Wildman–Crippen LogP) is 5.64. The first-order valence-electron chi connectivity index (χ1n) is 6.67. The van der Waals surface area contributed by atoms with E-state index in [4.69, 9.17) is 0 Å². The molecule has 23 heavy (non-hydrogen) atoms. The number of carbonyl (C=O) groups excluding carboxylic acids is 1. The molecule has 0 radical (unpaired) electrons. The molecule has 0 fully saturated rings. The van der Waals surface area contributed by atoms with Crippen LogP contribution in [-0.2, 0) is 17.4 Å². The zero-order valence-corrected chi connectivity index (χ0v) is 15.5. The number of carbonyl (C=O) groups is 1. The number of hydrogen-bond donors (Lipinski definition) is 1. The summed E-state index contributed by atoms with van der Waals surface area (Å²) in [4.78, 5) is 11.9. The average Bonchev–Trinajstić information content (AvgIpc) is 2.47. The highest BCUT2D eigenvalue weighted by atomic mass is 127. The molecule has 0 unspecified atom stereocenters. The molecular formula is C16H12BrF3INO. The summed E-state index contributed by atoms with van der Waals surface area (Å²) in [6.07, 6.45) is -3.75. The van der Waals surface area contributed by atoms with E-state index in [1.807, 2.05) is 12.1 Å². The molecule has 2 nitrogen and oxygen atoms in total. The van der Waals surface area contributed by atoms with Crippen LogP contribution in [0.4, 0.5) is 18.9 Å². The van der Waals surface area contributed by atoms with Crippen molar-refractivity contribution in [2.24, 2.45) is 0 Å². The third-order valence-corrected chi connectivity index (χ3v) is 4.51. The first-order valence-corrected chi connectivity index (χ1v) is 8.54. The smallest absolute Gasteiger partial charge is 0.325 e. The molecular weight excluding hydrogens is 486 g/mol. The summed E-state index contributed by atoms with van der Waals surface area (Å²) >= 11 is 5.46. The van der Waals surface area contributed by atoms with Gasteiger partial charge in [-0.3, -0.25) is 4.79 Å². The van der Waals surface area contributed by atoms with Crippen LogP contribution in [0.5, 0.6) is 0 Å². The summed E-state index contributed by atoms with van der Waals surface area (Å²) in [5, 5.41) is 2.80. The maximum atomic E-state index is 12.5. The van der Waals surface area contributed by atoms with Crippen molar-refractivity contribution in [2.45, 2.75) is 19.0 Å². The topological polar surface area (TPSA) is 29.1 Å². The van der Waals surface area contributed by atoms with Crippen molar-refractivity contribution in [1.82, 2.24) is 0 Å². The lowest BCUT2D eigenvalue weighted by Gasteiger charge is -2.09. The molecule has 7 heteroatoms. The number of aryl methyl sites for hydroxylation is 1. The summed E-state index contributed by atoms with van der Waals surface area (Å²) in [5.74, 6) is -0.176. The second-order valence-electron chi connectivity index (χ2n) is 4.87. The van der Waals surface area contributed by atoms with Crippen LogP contribution in [0.2, 0.25) is 0 Å². The van der Waals surface area contributed by atoms with Crippen molar-refractivity contribution < 1.29 is 18.0 Å². The van der Waals surface area contributed by atoms with E-state index < -0.39 is 11.7 Å². The average molecular weight is 498 g/mol. The molecule has 0 heterocycles. The SMILES string of the molecule is O=C(CCc1ccc(C(F)(F)F)cc1)Nc1ccc(Br)cc1I. The van der Waals surface area contributed by atoms with E-state index >= 15 is 0 Å². The van der Waals surface area contributed by atoms with Gasteiger partial charge < -0.3 is 5.32 Å². The number of benzene rings is 2. The predicted molar refractivity (Wildman–Crippen MR) is 95.3 cm³/mol. The number of hydrogen-bond acceptors (Lipinski definition) is 1. The molecule has 0 aromatic heterocycles. The second kappa shape index (κ2) is 7.65. The Bertz CT molecular complexity index is 701. The molecule has 0 aliphatic carbocycles. The van der Waals surface area contributed by atoms with Crippen molar-refractivity contribution in [3.8, 4) is 0 Å². The highest BCUT2D eigenvalue weighted by Crippen LogP contribution is 2.29. The van der Waals surface area contributed by atoms with Crippen LogP contribution in [0.3, 0.4) is 0 Å². The monoisotopic (exact) mass is 497 g/mol. The maximum absolute atomic E-state index is 12.5. The summed E-state index contributed by atoms with van der Waals surface area (Å²) in [7, 11) is 0. The Morgan fingerprint density at radius 1 is 1.13 bits per heavy atom. The lowest BCUT2D eigenvalue weighted by atomic mass is 10.1. The van der Waals surface area contributed by atoms with Gasteiger partial charge in [0, 0.05) is 14.5 Å². The Morgan fingerprint density at radius 2 is 1.78 bits per heavy atom. The van der Waals surface area contributed by atoms with Gasteiger partial charge in [0.2, 0.25) is 5.91 Å². The van der Waals surface area contributed by atoms with Crippen molar-refractivity contribution in [3.63, 3.8) is 0 Å². The molecule has 0 saturated carbocycles. The minimum absolute atomic E-state index is 0.176. The number of anilines is 1. The van der Waals surface area contributed by atoms with Crippen molar-refractivity contribution in [1.29, 1.82) is 0 Å². The van der Waals surface area contributed by atoms with Gasteiger partial charge in [0.15, 0.2) is 0 Å². The van der Waals surface area contributed by atoms with Gasteiger partial charge in [-0.05, 0) is 64.9 Å². The summed E-state index contributed by atoms with van der Waals surface area (Å²) in [6, 6.07) is 10.4. The lowest BCUT2D eigenvalue weighted by Crippen LogP contribution is -2.13. The lowest BCUT2D eigenvalue weighted by molar-refractivity contribution is -0.137. The van der Waals surface area contributed by atoms with Gasteiger partial charge in [0.05, 0.1) is 11.3 Å². The molecule has 1 amide bonds. The largest absolute Gasteiger partial charge is 0.416 e. The highest BCUT2D eigenvalue weighted by Gasteiger charge is 2.29.